The summed E-state index contributed by atoms with van der Waals surface area (Å²) in [6.45, 7) is 9.37. The van der Waals surface area contributed by atoms with Gasteiger partial charge in [0.15, 0.2) is 0 Å². The highest BCUT2D eigenvalue weighted by atomic mass is 14.2. The molecule has 24 heavy (non-hydrogen) atoms. The Bertz CT molecular complexity index is 695. The molecule has 0 saturated heterocycles. The predicted molar refractivity (Wildman–Crippen MR) is 105 cm³/mol. The van der Waals surface area contributed by atoms with Gasteiger partial charge in [-0.25, -0.2) is 0 Å². The standard InChI is InChI=1S/C24H32/c1-17-9-5-6-12-21(17)13-7-10-18(2)22-15-20(4)23-14-8-11-19(3)24(23)16-22/h5-6,9,12,15-16,18-19H,7-8,10-11,13-14H2,1-4H3. The second-order valence-electron chi connectivity index (χ2n) is 7.92. The van der Waals surface area contributed by atoms with E-state index in [1.807, 2.05) is 0 Å². The SMILES string of the molecule is Cc1ccccc1CCCC(C)c1cc(C)c2c(c1)C(C)CCC2. The molecule has 0 heterocycles. The zero-order valence-electron chi connectivity index (χ0n) is 15.9. The minimum Gasteiger partial charge on any atom is -0.0620 e. The molecule has 3 rings (SSSR count). The van der Waals surface area contributed by atoms with Crippen LogP contribution in [0, 0.1) is 13.8 Å². The third-order valence-electron chi connectivity index (χ3n) is 6.04. The van der Waals surface area contributed by atoms with Crippen molar-refractivity contribution in [3.8, 4) is 0 Å². The van der Waals surface area contributed by atoms with E-state index in [9.17, 15) is 0 Å². The fourth-order valence-electron chi connectivity index (χ4n) is 4.34. The molecule has 2 unspecified atom stereocenters. The van der Waals surface area contributed by atoms with Crippen LogP contribution in [0.25, 0.3) is 0 Å². The summed E-state index contributed by atoms with van der Waals surface area (Å²) < 4.78 is 0. The minimum atomic E-state index is 0.659. The average Bonchev–Trinajstić information content (AvgIpc) is 2.57. The van der Waals surface area contributed by atoms with Gasteiger partial charge in [-0.3, -0.25) is 0 Å². The lowest BCUT2D eigenvalue weighted by molar-refractivity contribution is 0.582. The molecule has 1 aliphatic carbocycles. The molecule has 0 fully saturated rings. The zero-order valence-corrected chi connectivity index (χ0v) is 15.9. The van der Waals surface area contributed by atoms with Crippen LogP contribution in [0.3, 0.4) is 0 Å². The molecule has 2 atom stereocenters. The van der Waals surface area contributed by atoms with Crippen molar-refractivity contribution in [1.29, 1.82) is 0 Å². The summed E-state index contributed by atoms with van der Waals surface area (Å²) >= 11 is 0. The number of fused-ring (bicyclic) bond motifs is 1. The molecule has 0 saturated carbocycles. The molecular formula is C24H32. The summed E-state index contributed by atoms with van der Waals surface area (Å²) in [5, 5.41) is 0. The topological polar surface area (TPSA) is 0 Å². The van der Waals surface area contributed by atoms with Gasteiger partial charge in [-0.15, -0.1) is 0 Å². The lowest BCUT2D eigenvalue weighted by Crippen LogP contribution is -2.10. The first-order chi connectivity index (χ1) is 11.6. The first-order valence-corrected chi connectivity index (χ1v) is 9.74. The lowest BCUT2D eigenvalue weighted by atomic mass is 9.79. The number of hydrogen-bond acceptors (Lipinski definition) is 0. The van der Waals surface area contributed by atoms with Crippen LogP contribution >= 0.6 is 0 Å². The number of aryl methyl sites for hydroxylation is 3. The van der Waals surface area contributed by atoms with Crippen molar-refractivity contribution in [2.45, 2.75) is 78.1 Å². The number of hydrogen-bond donors (Lipinski definition) is 0. The van der Waals surface area contributed by atoms with Crippen LogP contribution in [0.2, 0.25) is 0 Å². The van der Waals surface area contributed by atoms with Crippen LogP contribution < -0.4 is 0 Å². The van der Waals surface area contributed by atoms with Gasteiger partial charge in [0.2, 0.25) is 0 Å². The summed E-state index contributed by atoms with van der Waals surface area (Å²) in [4.78, 5) is 0. The fourth-order valence-corrected chi connectivity index (χ4v) is 4.34. The van der Waals surface area contributed by atoms with Crippen LogP contribution in [0.1, 0.15) is 84.7 Å². The van der Waals surface area contributed by atoms with Crippen molar-refractivity contribution in [1.82, 2.24) is 0 Å². The van der Waals surface area contributed by atoms with E-state index < -0.39 is 0 Å². The Kier molecular flexibility index (Phi) is 5.43. The summed E-state index contributed by atoms with van der Waals surface area (Å²) in [5.74, 6) is 1.40. The third-order valence-corrected chi connectivity index (χ3v) is 6.04. The monoisotopic (exact) mass is 320 g/mol. The second-order valence-corrected chi connectivity index (χ2v) is 7.92. The Labute approximate surface area is 148 Å². The number of rotatable bonds is 5. The smallest absolute Gasteiger partial charge is 0.0187 e. The highest BCUT2D eigenvalue weighted by molar-refractivity contribution is 5.43. The molecule has 2 aromatic rings. The van der Waals surface area contributed by atoms with Gasteiger partial charge < -0.3 is 0 Å². The van der Waals surface area contributed by atoms with Gasteiger partial charge in [0, 0.05) is 0 Å². The Balaban J connectivity index is 1.67. The Morgan fingerprint density at radius 2 is 1.88 bits per heavy atom. The first kappa shape index (κ1) is 17.3. The van der Waals surface area contributed by atoms with Crippen molar-refractivity contribution in [3.05, 3.63) is 69.8 Å². The molecule has 2 aromatic carbocycles. The molecular weight excluding hydrogens is 288 g/mol. The van der Waals surface area contributed by atoms with Gasteiger partial charge in [0.25, 0.3) is 0 Å². The molecule has 0 amide bonds. The van der Waals surface area contributed by atoms with Gasteiger partial charge >= 0.3 is 0 Å². The maximum atomic E-state index is 2.53. The second kappa shape index (κ2) is 7.55. The molecule has 0 heteroatoms. The Morgan fingerprint density at radius 1 is 1.08 bits per heavy atom. The zero-order chi connectivity index (χ0) is 17.1. The highest BCUT2D eigenvalue weighted by Crippen LogP contribution is 2.36. The van der Waals surface area contributed by atoms with Crippen LogP contribution in [0.4, 0.5) is 0 Å². The van der Waals surface area contributed by atoms with Crippen LogP contribution in [-0.4, -0.2) is 0 Å². The van der Waals surface area contributed by atoms with E-state index in [4.69, 9.17) is 0 Å². The van der Waals surface area contributed by atoms with E-state index in [1.54, 1.807) is 16.7 Å². The van der Waals surface area contributed by atoms with E-state index in [-0.39, 0.29) is 0 Å². The highest BCUT2D eigenvalue weighted by Gasteiger charge is 2.20. The predicted octanol–water partition coefficient (Wildman–Crippen LogP) is 6.87. The quantitative estimate of drug-likeness (QED) is 0.564. The molecule has 0 N–H and O–H groups in total. The van der Waals surface area contributed by atoms with Gasteiger partial charge in [0.05, 0.1) is 0 Å². The maximum absolute atomic E-state index is 2.53. The van der Waals surface area contributed by atoms with Gasteiger partial charge in [-0.2, -0.15) is 0 Å². The molecule has 0 radical (unpaired) electrons. The molecule has 0 bridgehead atoms. The number of benzene rings is 2. The summed E-state index contributed by atoms with van der Waals surface area (Å²) in [6, 6.07) is 13.8. The van der Waals surface area contributed by atoms with Crippen molar-refractivity contribution >= 4 is 0 Å². The van der Waals surface area contributed by atoms with Crippen LogP contribution in [0.5, 0.6) is 0 Å². The van der Waals surface area contributed by atoms with Crippen LogP contribution in [0.15, 0.2) is 36.4 Å². The first-order valence-electron chi connectivity index (χ1n) is 9.74. The van der Waals surface area contributed by atoms with Crippen molar-refractivity contribution in [2.75, 3.05) is 0 Å². The molecule has 0 spiro atoms. The molecule has 1 aliphatic rings. The van der Waals surface area contributed by atoms with Crippen LogP contribution in [-0.2, 0) is 12.8 Å². The maximum Gasteiger partial charge on any atom is -0.0187 e. The van der Waals surface area contributed by atoms with E-state index in [2.05, 4.69) is 64.1 Å². The normalized spacial score (nSPS) is 18.2. The fraction of sp³-hybridized carbons (Fsp3) is 0.500. The largest absolute Gasteiger partial charge is 0.0620 e. The lowest BCUT2D eigenvalue weighted by Gasteiger charge is -2.26. The Morgan fingerprint density at radius 3 is 2.67 bits per heavy atom. The summed E-state index contributed by atoms with van der Waals surface area (Å²) in [6.07, 6.45) is 7.77. The minimum absolute atomic E-state index is 0.659. The molecule has 0 aliphatic heterocycles. The summed E-state index contributed by atoms with van der Waals surface area (Å²) in [7, 11) is 0. The van der Waals surface area contributed by atoms with Crippen molar-refractivity contribution in [2.24, 2.45) is 0 Å². The molecule has 128 valence electrons. The van der Waals surface area contributed by atoms with Crippen molar-refractivity contribution < 1.29 is 0 Å². The van der Waals surface area contributed by atoms with Gasteiger partial charge in [-0.1, -0.05) is 50.2 Å². The average molecular weight is 321 g/mol. The van der Waals surface area contributed by atoms with E-state index in [0.29, 0.717) is 5.92 Å². The molecule has 0 aromatic heterocycles. The van der Waals surface area contributed by atoms with E-state index >= 15 is 0 Å². The molecule has 0 nitrogen and oxygen atoms in total. The van der Waals surface area contributed by atoms with Gasteiger partial charge in [-0.05, 0) is 97.6 Å². The van der Waals surface area contributed by atoms with E-state index in [0.717, 1.165) is 5.92 Å². The third kappa shape index (κ3) is 3.74. The summed E-state index contributed by atoms with van der Waals surface area (Å²) in [5.41, 5.74) is 9.32. The van der Waals surface area contributed by atoms with Gasteiger partial charge in [0.1, 0.15) is 0 Å². The van der Waals surface area contributed by atoms with Crippen molar-refractivity contribution in [3.63, 3.8) is 0 Å². The Hall–Kier alpha value is -1.56. The van der Waals surface area contributed by atoms with E-state index in [1.165, 1.54) is 55.2 Å².